The molecule has 6 nitrogen and oxygen atoms in total. The average Bonchev–Trinajstić information content (AvgIpc) is 3.17. The van der Waals surface area contributed by atoms with Crippen molar-refractivity contribution in [2.75, 3.05) is 39.3 Å². The summed E-state index contributed by atoms with van der Waals surface area (Å²) >= 11 is 0. The third-order valence-corrected chi connectivity index (χ3v) is 7.29. The van der Waals surface area contributed by atoms with Crippen LogP contribution < -0.4 is 5.32 Å². The molecule has 0 saturated carbocycles. The van der Waals surface area contributed by atoms with E-state index in [0.29, 0.717) is 17.2 Å². The number of hydrogen-bond donors (Lipinski definition) is 1. The van der Waals surface area contributed by atoms with Crippen LogP contribution in [0.5, 0.6) is 0 Å². The normalized spacial score (nSPS) is 31.4. The van der Waals surface area contributed by atoms with Gasteiger partial charge < -0.3 is 19.6 Å². The van der Waals surface area contributed by atoms with Crippen molar-refractivity contribution < 1.29 is 9.32 Å². The second-order valence-electron chi connectivity index (χ2n) is 9.15. The van der Waals surface area contributed by atoms with Gasteiger partial charge in [-0.2, -0.15) is 0 Å². The number of piperidine rings is 2. The Morgan fingerprint density at radius 2 is 1.61 bits per heavy atom. The number of nitrogens with one attached hydrogen (secondary N) is 1. The highest BCUT2D eigenvalue weighted by molar-refractivity contribution is 5.99. The molecule has 1 amide bonds. The van der Waals surface area contributed by atoms with E-state index in [0.717, 1.165) is 44.8 Å². The van der Waals surface area contributed by atoms with Crippen molar-refractivity contribution in [2.45, 2.75) is 11.5 Å². The second kappa shape index (κ2) is 7.32. The van der Waals surface area contributed by atoms with Crippen LogP contribution in [0.3, 0.4) is 0 Å². The Morgan fingerprint density at radius 1 is 0.968 bits per heavy atom. The third-order valence-electron chi connectivity index (χ3n) is 7.29. The van der Waals surface area contributed by atoms with Crippen LogP contribution in [0.25, 0.3) is 11.3 Å². The number of aromatic nitrogens is 1. The third kappa shape index (κ3) is 3.09. The van der Waals surface area contributed by atoms with Gasteiger partial charge in [-0.3, -0.25) is 4.79 Å². The first-order valence-electron chi connectivity index (χ1n) is 11.0. The largest absolute Gasteiger partial charge is 0.363 e. The molecular weight excluding hydrogens is 388 g/mol. The lowest BCUT2D eigenvalue weighted by Crippen LogP contribution is -2.70. The number of nitrogens with zero attached hydrogens (tertiary/aromatic N) is 3. The molecule has 6 heteroatoms. The van der Waals surface area contributed by atoms with E-state index in [4.69, 9.17) is 4.52 Å². The first-order valence-corrected chi connectivity index (χ1v) is 11.0. The zero-order chi connectivity index (χ0) is 20.8. The van der Waals surface area contributed by atoms with Gasteiger partial charge in [0.2, 0.25) is 0 Å². The molecule has 7 rings (SSSR count). The van der Waals surface area contributed by atoms with Crippen molar-refractivity contribution >= 4 is 5.91 Å². The number of hydrogen-bond acceptors (Lipinski definition) is 5. The number of rotatable bonds is 4. The summed E-state index contributed by atoms with van der Waals surface area (Å²) in [7, 11) is 0. The lowest BCUT2D eigenvalue weighted by atomic mass is 9.64. The molecule has 31 heavy (non-hydrogen) atoms. The molecular formula is C25H26N4O2. The van der Waals surface area contributed by atoms with Crippen LogP contribution >= 0.6 is 0 Å². The minimum atomic E-state index is -0.112. The predicted molar refractivity (Wildman–Crippen MR) is 118 cm³/mol. The van der Waals surface area contributed by atoms with E-state index < -0.39 is 0 Å². The van der Waals surface area contributed by atoms with Crippen molar-refractivity contribution in [3.63, 3.8) is 0 Å². The van der Waals surface area contributed by atoms with E-state index in [1.807, 2.05) is 30.3 Å². The van der Waals surface area contributed by atoms with Crippen LogP contribution in [0.1, 0.15) is 15.9 Å². The summed E-state index contributed by atoms with van der Waals surface area (Å²) < 4.78 is 5.23. The Kier molecular flexibility index (Phi) is 4.44. The highest BCUT2D eigenvalue weighted by atomic mass is 16.5. The fourth-order valence-electron chi connectivity index (χ4n) is 5.99. The fourth-order valence-corrected chi connectivity index (χ4v) is 5.99. The molecule has 1 N–H and O–H groups in total. The van der Waals surface area contributed by atoms with Crippen molar-refractivity contribution in [1.82, 2.24) is 20.3 Å². The van der Waals surface area contributed by atoms with Gasteiger partial charge >= 0.3 is 0 Å². The molecule has 1 aromatic heterocycles. The summed E-state index contributed by atoms with van der Waals surface area (Å²) in [5.74, 6) is 0.297. The Balaban J connectivity index is 1.37. The Morgan fingerprint density at radius 3 is 2.29 bits per heavy atom. The van der Waals surface area contributed by atoms with Crippen LogP contribution in [-0.2, 0) is 5.41 Å². The van der Waals surface area contributed by atoms with Gasteiger partial charge in [-0.05, 0) is 5.56 Å². The molecule has 2 unspecified atom stereocenters. The Labute approximate surface area is 181 Å². The number of carbonyl (C=O) groups excluding carboxylic acids is 1. The zero-order valence-corrected chi connectivity index (χ0v) is 17.4. The predicted octanol–water partition coefficient (Wildman–Crippen LogP) is 2.64. The molecule has 3 atom stereocenters. The van der Waals surface area contributed by atoms with Gasteiger partial charge in [0.05, 0.1) is 0 Å². The molecule has 3 aromatic rings. The Bertz CT molecular complexity index is 1070. The molecule has 0 spiro atoms. The van der Waals surface area contributed by atoms with Gasteiger partial charge in [0, 0.05) is 62.2 Å². The van der Waals surface area contributed by atoms with E-state index >= 15 is 0 Å². The summed E-state index contributed by atoms with van der Waals surface area (Å²) in [6.45, 7) is 6.23. The molecule has 4 bridgehead atoms. The zero-order valence-electron chi connectivity index (χ0n) is 17.4. The summed E-state index contributed by atoms with van der Waals surface area (Å²) in [4.78, 5) is 18.7. The van der Waals surface area contributed by atoms with E-state index in [9.17, 15) is 4.79 Å². The quantitative estimate of drug-likeness (QED) is 0.711. The van der Waals surface area contributed by atoms with Crippen LogP contribution in [0.4, 0.5) is 0 Å². The first kappa shape index (κ1) is 18.8. The smallest absolute Gasteiger partial charge is 0.257 e. The number of carbonyl (C=O) groups is 1. The Hall–Kier alpha value is -2.96. The lowest BCUT2D eigenvalue weighted by molar-refractivity contribution is 0.0180. The topological polar surface area (TPSA) is 61.6 Å². The highest BCUT2D eigenvalue weighted by Crippen LogP contribution is 2.43. The molecule has 158 valence electrons. The number of fused-ring (bicyclic) bond motifs is 1. The van der Waals surface area contributed by atoms with Gasteiger partial charge in [-0.15, -0.1) is 0 Å². The van der Waals surface area contributed by atoms with Gasteiger partial charge in [0.25, 0.3) is 5.91 Å². The number of amides is 1. The van der Waals surface area contributed by atoms with Crippen molar-refractivity contribution in [2.24, 2.45) is 5.92 Å². The van der Waals surface area contributed by atoms with E-state index in [2.05, 4.69) is 50.6 Å². The van der Waals surface area contributed by atoms with Crippen LogP contribution in [-0.4, -0.2) is 66.2 Å². The van der Waals surface area contributed by atoms with Crippen LogP contribution in [0.2, 0.25) is 0 Å². The highest BCUT2D eigenvalue weighted by Gasteiger charge is 2.55. The minimum Gasteiger partial charge on any atom is -0.363 e. The van der Waals surface area contributed by atoms with Gasteiger partial charge in [0.15, 0.2) is 0 Å². The van der Waals surface area contributed by atoms with Gasteiger partial charge in [-0.1, -0.05) is 65.8 Å². The second-order valence-corrected chi connectivity index (χ2v) is 9.15. The minimum absolute atomic E-state index is 0.0755. The van der Waals surface area contributed by atoms with Crippen molar-refractivity contribution in [1.29, 1.82) is 0 Å². The van der Waals surface area contributed by atoms with E-state index in [-0.39, 0.29) is 17.4 Å². The maximum Gasteiger partial charge on any atom is 0.257 e. The summed E-state index contributed by atoms with van der Waals surface area (Å²) in [5.41, 5.74) is 3.19. The van der Waals surface area contributed by atoms with E-state index in [1.165, 1.54) is 11.8 Å². The monoisotopic (exact) mass is 414 g/mol. The van der Waals surface area contributed by atoms with Crippen LogP contribution in [0, 0.1) is 5.92 Å². The van der Waals surface area contributed by atoms with Crippen molar-refractivity contribution in [3.05, 3.63) is 78.1 Å². The fraction of sp³-hybridized carbons (Fsp3) is 0.360. The molecule has 5 heterocycles. The SMILES string of the molecule is O=C(N[C@H]1C2CN3CCN(C2)CC1(c1ccccc1)C3)c1conc1-c1ccccc1. The lowest BCUT2D eigenvalue weighted by Gasteiger charge is -2.55. The molecule has 4 saturated heterocycles. The molecule has 2 aromatic carbocycles. The molecule has 0 aliphatic carbocycles. The molecule has 0 radical (unpaired) electrons. The van der Waals surface area contributed by atoms with Crippen LogP contribution in [0.15, 0.2) is 71.4 Å². The molecule has 4 aliphatic rings. The van der Waals surface area contributed by atoms with Crippen molar-refractivity contribution in [3.8, 4) is 11.3 Å². The maximum absolute atomic E-state index is 13.5. The molecule has 4 aliphatic heterocycles. The maximum atomic E-state index is 13.5. The van der Waals surface area contributed by atoms with Gasteiger partial charge in [0.1, 0.15) is 17.5 Å². The summed E-state index contributed by atoms with van der Waals surface area (Å²) in [6, 6.07) is 20.6. The standard InChI is InChI=1S/C25H26N4O2/c30-24(21-15-31-27-22(21)18-7-3-1-4-8-18)26-23-19-13-28-11-12-29(14-19)17-25(23,16-28)20-9-5-2-6-10-20/h1-10,15,19,23H,11-14,16-17H2,(H,26,30)/t19?,23-,25?/m0/s1. The molecule has 4 fully saturated rings. The average molecular weight is 415 g/mol. The summed E-state index contributed by atoms with van der Waals surface area (Å²) in [5, 5.41) is 7.58. The summed E-state index contributed by atoms with van der Waals surface area (Å²) in [6.07, 6.45) is 1.47. The first-order chi connectivity index (χ1) is 15.2. The number of benzene rings is 2. The van der Waals surface area contributed by atoms with Gasteiger partial charge in [-0.25, -0.2) is 0 Å². The van der Waals surface area contributed by atoms with E-state index in [1.54, 1.807) is 0 Å².